The second kappa shape index (κ2) is 10.3. The van der Waals surface area contributed by atoms with E-state index >= 15 is 0 Å². The molecule has 0 N–H and O–H groups in total. The lowest BCUT2D eigenvalue weighted by Gasteiger charge is -2.12. The SMILES string of the molecule is COCCN1C(=O)S/C(=C/c2cc(Br)c(OCc3ccc(Br)cc3)c(Br)c2)C1=O. The number of methoxy groups -OCH3 is 1. The topological polar surface area (TPSA) is 55.8 Å². The lowest BCUT2D eigenvalue weighted by molar-refractivity contribution is -0.123. The molecule has 1 saturated heterocycles. The van der Waals surface area contributed by atoms with Crippen LogP contribution in [-0.2, 0) is 16.1 Å². The molecule has 1 heterocycles. The third kappa shape index (κ3) is 5.73. The summed E-state index contributed by atoms with van der Waals surface area (Å²) in [6.07, 6.45) is 1.70. The Kier molecular flexibility index (Phi) is 7.98. The largest absolute Gasteiger partial charge is 0.487 e. The summed E-state index contributed by atoms with van der Waals surface area (Å²) < 4.78 is 13.4. The lowest BCUT2D eigenvalue weighted by Crippen LogP contribution is -2.31. The van der Waals surface area contributed by atoms with Crippen LogP contribution in [0.4, 0.5) is 4.79 Å². The van der Waals surface area contributed by atoms with Gasteiger partial charge in [0.2, 0.25) is 0 Å². The Morgan fingerprint density at radius 3 is 2.34 bits per heavy atom. The van der Waals surface area contributed by atoms with Gasteiger partial charge in [0.15, 0.2) is 0 Å². The zero-order valence-corrected chi connectivity index (χ0v) is 20.9. The minimum Gasteiger partial charge on any atom is -0.487 e. The van der Waals surface area contributed by atoms with Crippen molar-refractivity contribution in [2.45, 2.75) is 6.61 Å². The average Bonchev–Trinajstić information content (AvgIpc) is 2.94. The van der Waals surface area contributed by atoms with Crippen LogP contribution in [0.1, 0.15) is 11.1 Å². The Labute approximate surface area is 198 Å². The summed E-state index contributed by atoms with van der Waals surface area (Å²) >= 11 is 11.4. The molecule has 1 aliphatic rings. The molecule has 0 unspecified atom stereocenters. The number of amides is 2. The number of nitrogens with zero attached hydrogens (tertiary/aromatic N) is 1. The molecule has 1 aliphatic heterocycles. The fourth-order valence-corrected chi connectivity index (χ4v) is 5.14. The molecule has 29 heavy (non-hydrogen) atoms. The molecule has 5 nitrogen and oxygen atoms in total. The van der Waals surface area contributed by atoms with Gasteiger partial charge in [-0.25, -0.2) is 0 Å². The maximum absolute atomic E-state index is 12.5. The molecule has 2 amide bonds. The quantitative estimate of drug-likeness (QED) is 0.350. The minimum atomic E-state index is -0.306. The van der Waals surface area contributed by atoms with E-state index < -0.39 is 0 Å². The highest BCUT2D eigenvalue weighted by Crippen LogP contribution is 2.38. The van der Waals surface area contributed by atoms with Crippen LogP contribution >= 0.6 is 59.6 Å². The molecule has 3 rings (SSSR count). The third-order valence-electron chi connectivity index (χ3n) is 4.01. The Balaban J connectivity index is 1.75. The first kappa shape index (κ1) is 22.6. The van der Waals surface area contributed by atoms with Gasteiger partial charge in [0.05, 0.1) is 27.0 Å². The Hall–Kier alpha value is -1.13. The Morgan fingerprint density at radius 1 is 1.07 bits per heavy atom. The van der Waals surface area contributed by atoms with Gasteiger partial charge in [0.25, 0.3) is 11.1 Å². The maximum atomic E-state index is 12.5. The molecule has 2 aromatic rings. The van der Waals surface area contributed by atoms with E-state index in [0.29, 0.717) is 23.9 Å². The molecule has 0 radical (unpaired) electrons. The van der Waals surface area contributed by atoms with E-state index in [1.165, 1.54) is 12.0 Å². The van der Waals surface area contributed by atoms with Crippen LogP contribution in [0.3, 0.4) is 0 Å². The van der Waals surface area contributed by atoms with E-state index in [1.807, 2.05) is 36.4 Å². The van der Waals surface area contributed by atoms with Crippen molar-refractivity contribution in [1.82, 2.24) is 4.90 Å². The predicted octanol–water partition coefficient (Wildman–Crippen LogP) is 6.24. The Bertz CT molecular complexity index is 940. The lowest BCUT2D eigenvalue weighted by atomic mass is 10.2. The van der Waals surface area contributed by atoms with Gasteiger partial charge in [0.1, 0.15) is 12.4 Å². The zero-order valence-electron chi connectivity index (χ0n) is 15.3. The first-order chi connectivity index (χ1) is 13.9. The second-order valence-electron chi connectivity index (χ2n) is 6.05. The molecule has 0 atom stereocenters. The summed E-state index contributed by atoms with van der Waals surface area (Å²) in [7, 11) is 1.53. The van der Waals surface area contributed by atoms with E-state index in [2.05, 4.69) is 47.8 Å². The molecule has 9 heteroatoms. The summed E-state index contributed by atoms with van der Waals surface area (Å²) in [6.45, 7) is 0.976. The van der Waals surface area contributed by atoms with E-state index in [4.69, 9.17) is 9.47 Å². The maximum Gasteiger partial charge on any atom is 0.293 e. The smallest absolute Gasteiger partial charge is 0.293 e. The number of imide groups is 1. The van der Waals surface area contributed by atoms with E-state index in [9.17, 15) is 9.59 Å². The van der Waals surface area contributed by atoms with Gasteiger partial charge in [0, 0.05) is 11.6 Å². The van der Waals surface area contributed by atoms with Crippen molar-refractivity contribution in [3.05, 3.63) is 65.8 Å². The summed E-state index contributed by atoms with van der Waals surface area (Å²) in [6, 6.07) is 11.6. The number of carbonyl (C=O) groups excluding carboxylic acids is 2. The number of thioether (sulfide) groups is 1. The van der Waals surface area contributed by atoms with Gasteiger partial charge in [-0.05, 0) is 85.1 Å². The van der Waals surface area contributed by atoms with E-state index in [-0.39, 0.29) is 17.7 Å². The molecular weight excluding hydrogens is 590 g/mol. The van der Waals surface area contributed by atoms with Crippen molar-refractivity contribution in [2.75, 3.05) is 20.3 Å². The normalized spacial score (nSPS) is 15.4. The number of hydrogen-bond donors (Lipinski definition) is 0. The second-order valence-corrected chi connectivity index (χ2v) is 9.67. The van der Waals surface area contributed by atoms with Gasteiger partial charge in [-0.2, -0.15) is 0 Å². The average molecular weight is 606 g/mol. The summed E-state index contributed by atoms with van der Waals surface area (Å²) in [5.74, 6) is 0.359. The third-order valence-corrected chi connectivity index (χ3v) is 6.62. The van der Waals surface area contributed by atoms with Gasteiger partial charge >= 0.3 is 0 Å². The van der Waals surface area contributed by atoms with Crippen LogP contribution in [-0.4, -0.2) is 36.3 Å². The summed E-state index contributed by atoms with van der Waals surface area (Å²) in [5.41, 5.74) is 1.82. The van der Waals surface area contributed by atoms with Crippen LogP contribution in [0, 0.1) is 0 Å². The van der Waals surface area contributed by atoms with Crippen LogP contribution < -0.4 is 4.74 Å². The van der Waals surface area contributed by atoms with Crippen LogP contribution in [0.25, 0.3) is 6.08 Å². The number of benzene rings is 2. The predicted molar refractivity (Wildman–Crippen MR) is 125 cm³/mol. The number of carbonyl (C=O) groups is 2. The molecule has 0 saturated carbocycles. The fourth-order valence-electron chi connectivity index (χ4n) is 2.56. The molecule has 2 aromatic carbocycles. The molecule has 0 aromatic heterocycles. The first-order valence-electron chi connectivity index (χ1n) is 8.49. The highest BCUT2D eigenvalue weighted by molar-refractivity contribution is 9.11. The summed E-state index contributed by atoms with van der Waals surface area (Å²) in [5, 5.41) is -0.286. The molecular formula is C20H16Br3NO4S. The van der Waals surface area contributed by atoms with Crippen LogP contribution in [0.5, 0.6) is 5.75 Å². The van der Waals surface area contributed by atoms with Crippen molar-refractivity contribution < 1.29 is 19.1 Å². The number of ether oxygens (including phenoxy) is 2. The molecule has 152 valence electrons. The van der Waals surface area contributed by atoms with Gasteiger partial charge in [-0.15, -0.1) is 0 Å². The highest BCUT2D eigenvalue weighted by Gasteiger charge is 2.34. The van der Waals surface area contributed by atoms with E-state index in [1.54, 1.807) is 6.08 Å². The number of hydrogen-bond acceptors (Lipinski definition) is 5. The van der Waals surface area contributed by atoms with Crippen molar-refractivity contribution in [1.29, 1.82) is 0 Å². The van der Waals surface area contributed by atoms with Crippen LogP contribution in [0.15, 0.2) is 54.7 Å². The molecule has 0 spiro atoms. The highest BCUT2D eigenvalue weighted by atomic mass is 79.9. The zero-order chi connectivity index (χ0) is 21.0. The fraction of sp³-hybridized carbons (Fsp3) is 0.200. The van der Waals surface area contributed by atoms with Crippen molar-refractivity contribution >= 4 is 76.8 Å². The monoisotopic (exact) mass is 603 g/mol. The molecule has 0 bridgehead atoms. The van der Waals surface area contributed by atoms with Gasteiger partial charge in [-0.1, -0.05) is 28.1 Å². The first-order valence-corrected chi connectivity index (χ1v) is 11.7. The number of rotatable bonds is 7. The van der Waals surface area contributed by atoms with Crippen LogP contribution in [0.2, 0.25) is 0 Å². The standard InChI is InChI=1S/C20H16Br3NO4S/c1-27-7-6-24-19(25)17(29-20(24)26)10-13-8-15(22)18(16(23)9-13)28-11-12-2-4-14(21)5-3-12/h2-5,8-10H,6-7,11H2,1H3/b17-10+. The van der Waals surface area contributed by atoms with Gasteiger partial charge < -0.3 is 9.47 Å². The van der Waals surface area contributed by atoms with Gasteiger partial charge in [-0.3, -0.25) is 14.5 Å². The minimum absolute atomic E-state index is 0.245. The number of halogens is 3. The summed E-state index contributed by atoms with van der Waals surface area (Å²) in [4.78, 5) is 26.1. The van der Waals surface area contributed by atoms with Crippen molar-refractivity contribution in [3.8, 4) is 5.75 Å². The Morgan fingerprint density at radius 2 is 1.72 bits per heavy atom. The van der Waals surface area contributed by atoms with Crippen molar-refractivity contribution in [2.24, 2.45) is 0 Å². The van der Waals surface area contributed by atoms with Crippen molar-refractivity contribution in [3.63, 3.8) is 0 Å². The molecule has 0 aliphatic carbocycles. The molecule has 1 fully saturated rings. The van der Waals surface area contributed by atoms with E-state index in [0.717, 1.165) is 36.3 Å².